The van der Waals surface area contributed by atoms with Gasteiger partial charge in [0.1, 0.15) is 5.69 Å². The van der Waals surface area contributed by atoms with Gasteiger partial charge in [-0.2, -0.15) is 0 Å². The van der Waals surface area contributed by atoms with E-state index in [9.17, 15) is 54.0 Å². The Kier molecular flexibility index (Phi) is 26.6. The van der Waals surface area contributed by atoms with Crippen molar-refractivity contribution in [2.45, 2.75) is 70.4 Å². The highest BCUT2D eigenvalue weighted by atomic mass is 32.1. The van der Waals surface area contributed by atoms with Gasteiger partial charge in [0, 0.05) is 131 Å². The fourth-order valence-corrected chi connectivity index (χ4v) is 10.5. The van der Waals surface area contributed by atoms with Crippen molar-refractivity contribution in [2.24, 2.45) is 0 Å². The molecule has 3 amide bonds. The van der Waals surface area contributed by atoms with Crippen molar-refractivity contribution in [2.75, 3.05) is 123 Å². The molecular weight excluding hydrogens is 1110 g/mol. The molecule has 1 saturated heterocycles. The zero-order chi connectivity index (χ0) is 61.3. The Hall–Kier alpha value is -7.94. The van der Waals surface area contributed by atoms with E-state index in [1.807, 2.05) is 71.1 Å². The lowest BCUT2D eigenvalue weighted by molar-refractivity contribution is -0.142. The summed E-state index contributed by atoms with van der Waals surface area (Å²) < 4.78 is 1.90. The first-order valence-electron chi connectivity index (χ1n) is 28.7. The predicted octanol–water partition coefficient (Wildman–Crippen LogP) is 4.04. The zero-order valence-corrected chi connectivity index (χ0v) is 49.4. The standard InChI is InChI=1S/C60H81N13O11S/c1-4-5-12-44-25-29-72(52(75)16-9-8-15-51(74)63-46-23-19-45(20-24-46)59(84)61-27-30-67(2)3)50-14-7-6-13-49(50)58-57(44)65-66-73(58)28-11-10-26-62-60(85)64-47-21-17-43(18-22-47)37-48-38-70(41-55(80)81)34-33-68(39-53(76)77)31-32-69(40-54(78)79)35-36-71(48)42-56(82)83/h4-6,12-13,17-25,48H,1,7-11,14-16,26-42H2,2-3H3,(H,61,84)(H,63,74)(H,76,77)(H,78,79)(H,80,81)(H,82,83)(H2,62,64,85)/b12-5-,44-25-. The van der Waals surface area contributed by atoms with Gasteiger partial charge in [-0.15, -0.1) is 5.10 Å². The molecule has 1 fully saturated rings. The van der Waals surface area contributed by atoms with E-state index in [0.717, 1.165) is 47.5 Å². The maximum Gasteiger partial charge on any atom is 0.317 e. The van der Waals surface area contributed by atoms with Crippen LogP contribution in [0, 0.1) is 0 Å². The highest BCUT2D eigenvalue weighted by molar-refractivity contribution is 7.80. The summed E-state index contributed by atoms with van der Waals surface area (Å²) in [4.78, 5) is 97.8. The van der Waals surface area contributed by atoms with Crippen LogP contribution in [-0.2, 0) is 41.7 Å². The number of aliphatic carboxylic acids is 4. The molecule has 0 radical (unpaired) electrons. The maximum absolute atomic E-state index is 14.1. The van der Waals surface area contributed by atoms with Gasteiger partial charge in [-0.1, -0.05) is 60.4 Å². The SMILES string of the molecule is C=C/C=C\C1=C\CN(C(=O)CCCCC(=O)Nc2ccc(C(=O)NCCN(C)C)cc2)C2=C(C=CCC2)c2c1nnn2CCCCNC(=S)Nc1ccc(CC2CN(CC(=O)O)CCN(CC(=O)O)CCN(CC(=O)O)CCN2CC(=O)O)cc1. The number of fused-ring (bicyclic) bond motifs is 2. The number of hydrogen-bond donors (Lipinski definition) is 8. The normalized spacial score (nSPS) is 17.3. The summed E-state index contributed by atoms with van der Waals surface area (Å²) in [5.74, 6) is -4.71. The molecule has 3 aromatic rings. The van der Waals surface area contributed by atoms with E-state index >= 15 is 0 Å². The lowest BCUT2D eigenvalue weighted by atomic mass is 9.93. The summed E-state index contributed by atoms with van der Waals surface area (Å²) in [6, 6.07) is 13.7. The van der Waals surface area contributed by atoms with Crippen molar-refractivity contribution in [3.05, 3.63) is 120 Å². The second-order valence-electron chi connectivity index (χ2n) is 21.4. The van der Waals surface area contributed by atoms with Crippen LogP contribution in [0.3, 0.4) is 0 Å². The van der Waals surface area contributed by atoms with E-state index in [1.54, 1.807) is 49.9 Å². The second kappa shape index (κ2) is 34.1. The number of thiocarbonyl (C=S) groups is 1. The zero-order valence-electron chi connectivity index (χ0n) is 48.6. The van der Waals surface area contributed by atoms with E-state index in [2.05, 4.69) is 50.3 Å². The van der Waals surface area contributed by atoms with Crippen molar-refractivity contribution < 1.29 is 54.0 Å². The number of carbonyl (C=O) groups excluding carboxylic acids is 3. The fourth-order valence-electron chi connectivity index (χ4n) is 10.3. The van der Waals surface area contributed by atoms with E-state index in [4.69, 9.17) is 12.2 Å². The molecule has 1 atom stereocenters. The number of rotatable bonds is 28. The topological polar surface area (TPSA) is 299 Å². The van der Waals surface area contributed by atoms with E-state index < -0.39 is 29.9 Å². The number of anilines is 2. The van der Waals surface area contributed by atoms with Crippen LogP contribution < -0.4 is 21.3 Å². The number of nitrogens with zero attached hydrogens (tertiary/aromatic N) is 9. The molecule has 25 heteroatoms. The maximum atomic E-state index is 14.1. The number of amides is 3. The average Bonchev–Trinajstić information content (AvgIpc) is 2.12. The molecule has 3 heterocycles. The smallest absolute Gasteiger partial charge is 0.317 e. The molecule has 1 unspecified atom stereocenters. The highest BCUT2D eigenvalue weighted by Crippen LogP contribution is 2.36. The Morgan fingerprint density at radius 2 is 1.36 bits per heavy atom. The van der Waals surface area contributed by atoms with Gasteiger partial charge in [-0.25, -0.2) is 4.68 Å². The Labute approximate surface area is 501 Å². The fraction of sp³-hybridized carbons (Fsp3) is 0.467. The number of benzene rings is 2. The van der Waals surface area contributed by atoms with Crippen LogP contribution in [-0.4, -0.2) is 230 Å². The van der Waals surface area contributed by atoms with Crippen LogP contribution >= 0.6 is 12.2 Å². The summed E-state index contributed by atoms with van der Waals surface area (Å²) in [6.45, 7) is 6.52. The van der Waals surface area contributed by atoms with Gasteiger partial charge in [0.25, 0.3) is 5.91 Å². The van der Waals surface area contributed by atoms with Gasteiger partial charge >= 0.3 is 23.9 Å². The van der Waals surface area contributed by atoms with Gasteiger partial charge in [0.05, 0.1) is 31.9 Å². The van der Waals surface area contributed by atoms with Gasteiger partial charge in [-0.05, 0) is 113 Å². The first kappa shape index (κ1) is 66.2. The molecule has 458 valence electrons. The van der Waals surface area contributed by atoms with Crippen molar-refractivity contribution >= 4 is 81.5 Å². The van der Waals surface area contributed by atoms with E-state index in [1.165, 1.54) is 0 Å². The minimum Gasteiger partial charge on any atom is -0.480 e. The number of nitrogens with one attached hydrogen (secondary N) is 4. The molecule has 2 aliphatic heterocycles. The predicted molar refractivity (Wildman–Crippen MR) is 328 cm³/mol. The quantitative estimate of drug-likeness (QED) is 0.0289. The number of likely N-dealkylation sites (N-methyl/N-ethyl adjacent to an activating group) is 1. The van der Waals surface area contributed by atoms with Crippen molar-refractivity contribution in [3.63, 3.8) is 0 Å². The third-order valence-corrected chi connectivity index (χ3v) is 14.8. The van der Waals surface area contributed by atoms with Crippen LogP contribution in [0.4, 0.5) is 11.4 Å². The molecule has 2 aromatic carbocycles. The van der Waals surface area contributed by atoms with Crippen molar-refractivity contribution in [1.29, 1.82) is 0 Å². The summed E-state index contributed by atoms with van der Waals surface area (Å²) in [6.07, 6.45) is 16.3. The number of hydrogen-bond acceptors (Lipinski definition) is 15. The van der Waals surface area contributed by atoms with Gasteiger partial charge in [0.15, 0.2) is 5.11 Å². The number of aromatic nitrogens is 3. The van der Waals surface area contributed by atoms with Gasteiger partial charge in [-0.3, -0.25) is 53.2 Å². The minimum absolute atomic E-state index is 0.0411. The third kappa shape index (κ3) is 22.2. The van der Waals surface area contributed by atoms with Crippen LogP contribution in [0.15, 0.2) is 97.3 Å². The Bertz CT molecular complexity index is 2940. The summed E-state index contributed by atoms with van der Waals surface area (Å²) in [5.41, 5.74) is 6.75. The largest absolute Gasteiger partial charge is 0.480 e. The Morgan fingerprint density at radius 1 is 0.741 bits per heavy atom. The van der Waals surface area contributed by atoms with Gasteiger partial charge in [0.2, 0.25) is 11.8 Å². The molecule has 0 bridgehead atoms. The van der Waals surface area contributed by atoms with Crippen LogP contribution in [0.2, 0.25) is 0 Å². The van der Waals surface area contributed by atoms with Crippen LogP contribution in [0.1, 0.15) is 78.7 Å². The number of carboxylic acid groups (broad SMARTS) is 4. The molecule has 6 rings (SSSR count). The van der Waals surface area contributed by atoms with Crippen molar-refractivity contribution in [1.82, 2.24) is 55.0 Å². The summed E-state index contributed by atoms with van der Waals surface area (Å²) in [5, 5.41) is 61.0. The molecule has 1 aliphatic carbocycles. The molecule has 0 spiro atoms. The molecule has 1 aromatic heterocycles. The molecule has 24 nitrogen and oxygen atoms in total. The Balaban J connectivity index is 1.03. The first-order valence-corrected chi connectivity index (χ1v) is 29.1. The lowest BCUT2D eigenvalue weighted by Crippen LogP contribution is -2.53. The average molecular weight is 1190 g/mol. The first-order chi connectivity index (χ1) is 40.8. The molecule has 85 heavy (non-hydrogen) atoms. The number of unbranched alkanes of at least 4 members (excludes halogenated alkanes) is 2. The van der Waals surface area contributed by atoms with E-state index in [0.29, 0.717) is 86.0 Å². The number of aryl methyl sites for hydroxylation is 1. The van der Waals surface area contributed by atoms with E-state index in [-0.39, 0.29) is 103 Å². The molecule has 8 N–H and O–H groups in total. The van der Waals surface area contributed by atoms with Gasteiger partial charge < -0.3 is 51.5 Å². The number of allylic oxidation sites excluding steroid dienone is 8. The molecule has 3 aliphatic rings. The third-order valence-electron chi connectivity index (χ3n) is 14.6. The minimum atomic E-state index is -1.09. The van der Waals surface area contributed by atoms with Crippen molar-refractivity contribution in [3.8, 4) is 0 Å². The van der Waals surface area contributed by atoms with Crippen LogP contribution in [0.5, 0.6) is 0 Å². The van der Waals surface area contributed by atoms with Crippen LogP contribution in [0.25, 0.3) is 11.1 Å². The number of carboxylic acids is 4. The summed E-state index contributed by atoms with van der Waals surface area (Å²) in [7, 11) is 3.87. The monoisotopic (exact) mass is 1190 g/mol. The number of carbonyl (C=O) groups is 7. The highest BCUT2D eigenvalue weighted by Gasteiger charge is 2.31. The summed E-state index contributed by atoms with van der Waals surface area (Å²) >= 11 is 5.68. The second-order valence-corrected chi connectivity index (χ2v) is 21.8. The molecule has 0 saturated carbocycles. The Morgan fingerprint density at radius 3 is 2.02 bits per heavy atom. The molecular formula is C60H81N13O11S. The lowest BCUT2D eigenvalue weighted by Gasteiger charge is -2.37.